The number of hydrogen-bond donors (Lipinski definition) is 2. The van der Waals surface area contributed by atoms with Crippen molar-refractivity contribution in [2.75, 3.05) is 0 Å². The molecule has 11 heteroatoms. The largest absolute Gasteiger partial charge is 0.792 e. The molecular formula is C17H27CoN5O5-4. The number of rotatable bonds is 4. The number of aliphatic hydroxyl groups is 1. The molecule has 0 unspecified atom stereocenters. The first kappa shape index (κ1) is 30.5. The van der Waals surface area contributed by atoms with Crippen LogP contribution < -0.4 is 5.48 Å². The van der Waals surface area contributed by atoms with Gasteiger partial charge in [0.25, 0.3) is 0 Å². The zero-order valence-electron chi connectivity index (χ0n) is 16.7. The molecule has 1 rings (SSSR count). The van der Waals surface area contributed by atoms with Gasteiger partial charge in [-0.3, -0.25) is 4.98 Å². The van der Waals surface area contributed by atoms with Crippen molar-refractivity contribution in [1.82, 2.24) is 10.5 Å². The normalized spacial score (nSPS) is 12.5. The van der Waals surface area contributed by atoms with Crippen LogP contribution in [0.5, 0.6) is 0 Å². The Morgan fingerprint density at radius 1 is 1.11 bits per heavy atom. The second-order valence-corrected chi connectivity index (χ2v) is 5.41. The molecular weight excluding hydrogens is 413 g/mol. The predicted octanol–water partition coefficient (Wildman–Crippen LogP) is 3.14. The van der Waals surface area contributed by atoms with E-state index < -0.39 is 0 Å². The summed E-state index contributed by atoms with van der Waals surface area (Å²) < 4.78 is 0.327. The van der Waals surface area contributed by atoms with Crippen molar-refractivity contribution in [3.05, 3.63) is 69.2 Å². The van der Waals surface area contributed by atoms with Gasteiger partial charge in [0, 0.05) is 23.8 Å². The Hall–Kier alpha value is -2.18. The Morgan fingerprint density at radius 2 is 1.50 bits per heavy atom. The molecule has 0 radical (unpaired) electrons. The van der Waals surface area contributed by atoms with Crippen molar-refractivity contribution in [2.45, 2.75) is 47.6 Å². The van der Waals surface area contributed by atoms with Crippen molar-refractivity contribution < 1.29 is 24.4 Å². The van der Waals surface area contributed by atoms with Gasteiger partial charge in [-0.25, -0.2) is 0 Å². The van der Waals surface area contributed by atoms with Crippen LogP contribution in [0.25, 0.3) is 0 Å². The van der Waals surface area contributed by atoms with Gasteiger partial charge in [-0.1, -0.05) is 19.1 Å². The molecule has 0 aliphatic carbocycles. The van der Waals surface area contributed by atoms with E-state index in [0.29, 0.717) is 3.74 Å². The summed E-state index contributed by atoms with van der Waals surface area (Å²) in [6.07, 6.45) is 4.98. The monoisotopic (exact) mass is 440 g/mol. The summed E-state index contributed by atoms with van der Waals surface area (Å²) in [5.74, 6) is 0. The van der Waals surface area contributed by atoms with Crippen LogP contribution in [-0.2, 0) is 15.5 Å². The molecule has 0 aliphatic heterocycles. The van der Waals surface area contributed by atoms with E-state index in [-0.39, 0.29) is 28.9 Å². The number of nitrogens with one attached hydrogen (secondary N) is 1. The molecule has 0 aromatic carbocycles. The Kier molecular flexibility index (Phi) is 23.0. The topological polar surface area (TPSA) is 165 Å². The first-order valence-electron chi connectivity index (χ1n) is 7.92. The van der Waals surface area contributed by atoms with Crippen LogP contribution in [0.15, 0.2) is 52.3 Å². The Labute approximate surface area is 173 Å². The molecule has 0 bridgehead atoms. The van der Waals surface area contributed by atoms with Crippen molar-refractivity contribution >= 4 is 11.4 Å². The average molecular weight is 440 g/mol. The average Bonchev–Trinajstić information content (AvgIpc) is 2.73. The second kappa shape index (κ2) is 21.1. The summed E-state index contributed by atoms with van der Waals surface area (Å²) in [4.78, 5) is 3.78. The summed E-state index contributed by atoms with van der Waals surface area (Å²) in [6, 6.07) is 5.72. The SMILES string of the molecule is C/C(N[O-])=C(\C)[N+]([O-])=[Co].CC(=N\[O-])/C(C)=N/[O-].C[CH-][C@@H](C)O.c1ccncc1. The third-order valence-electron chi connectivity index (χ3n) is 2.79. The van der Waals surface area contributed by atoms with E-state index in [1.165, 1.54) is 27.7 Å². The zero-order valence-corrected chi connectivity index (χ0v) is 17.8. The molecule has 0 saturated carbocycles. The first-order valence-corrected chi connectivity index (χ1v) is 8.38. The number of aliphatic hydroxyl groups excluding tert-OH is 1. The summed E-state index contributed by atoms with van der Waals surface area (Å²) in [5.41, 5.74) is 2.41. The summed E-state index contributed by atoms with van der Waals surface area (Å²) in [6.45, 7) is 9.42. The fraction of sp³-hybridized carbons (Fsp3) is 0.412. The molecule has 1 heterocycles. The predicted molar refractivity (Wildman–Crippen MR) is 107 cm³/mol. The van der Waals surface area contributed by atoms with Gasteiger partial charge in [-0.2, -0.15) is 6.92 Å². The van der Waals surface area contributed by atoms with Gasteiger partial charge in [0.2, 0.25) is 0 Å². The Balaban J connectivity index is -0.000000304. The molecule has 1 aromatic rings. The minimum Gasteiger partial charge on any atom is -0.792 e. The molecule has 2 N–H and O–H groups in total. The quantitative estimate of drug-likeness (QED) is 0.412. The van der Waals surface area contributed by atoms with Crippen LogP contribution >= 0.6 is 0 Å². The van der Waals surface area contributed by atoms with Crippen molar-refractivity contribution in [1.29, 1.82) is 0 Å². The van der Waals surface area contributed by atoms with Crippen LogP contribution in [0, 0.1) is 27.2 Å². The maximum Gasteiger partial charge on any atom is 0.0465 e. The van der Waals surface area contributed by atoms with Gasteiger partial charge in [0.15, 0.2) is 0 Å². The van der Waals surface area contributed by atoms with Crippen molar-refractivity contribution in [3.63, 3.8) is 0 Å². The molecule has 28 heavy (non-hydrogen) atoms. The Morgan fingerprint density at radius 3 is 1.61 bits per heavy atom. The number of pyridine rings is 1. The molecule has 1 atom stereocenters. The van der Waals surface area contributed by atoms with Gasteiger partial charge < -0.3 is 32.3 Å². The molecule has 1 aromatic heterocycles. The van der Waals surface area contributed by atoms with Crippen LogP contribution in [-0.4, -0.2) is 31.4 Å². The molecule has 0 saturated heterocycles. The number of nitrogens with zero attached hydrogens (tertiary/aromatic N) is 4. The third kappa shape index (κ3) is 21.9. The van der Waals surface area contributed by atoms with Gasteiger partial charge in [-0.15, -0.1) is 0 Å². The first-order chi connectivity index (χ1) is 13.1. The van der Waals surface area contributed by atoms with Gasteiger partial charge in [-0.05, 0) is 26.0 Å². The molecule has 0 spiro atoms. The summed E-state index contributed by atoms with van der Waals surface area (Å²) in [7, 11) is 0. The van der Waals surface area contributed by atoms with Gasteiger partial charge in [0.1, 0.15) is 0 Å². The molecule has 0 fully saturated rings. The molecule has 0 amide bonds. The number of hydroxylamine groups is 2. The van der Waals surface area contributed by atoms with Crippen LogP contribution in [0.4, 0.5) is 0 Å². The number of aromatic nitrogens is 1. The van der Waals surface area contributed by atoms with E-state index in [0.717, 1.165) is 0 Å². The van der Waals surface area contributed by atoms with E-state index in [4.69, 9.17) is 5.11 Å². The zero-order chi connectivity index (χ0) is 22.5. The molecule has 163 valence electrons. The van der Waals surface area contributed by atoms with E-state index in [2.05, 4.69) is 30.8 Å². The molecule has 0 aliphatic rings. The maximum absolute atomic E-state index is 10.3. The minimum absolute atomic E-state index is 0.139. The van der Waals surface area contributed by atoms with Crippen molar-refractivity contribution in [3.8, 4) is 0 Å². The van der Waals surface area contributed by atoms with E-state index in [9.17, 15) is 20.8 Å². The number of hydrogen-bond acceptors (Lipinski definition) is 9. The van der Waals surface area contributed by atoms with Gasteiger partial charge >= 0.3 is 60.4 Å². The molecule has 10 nitrogen and oxygen atoms in total. The standard InChI is InChI=1S/C5H5N.C4H8N2O2.C4H7N2O2.C4H9O.Co/c1-2-4-6-5-3-1;2*1-3(5-7)4(2)6-8;1-3-4(2)5;/h1-5H;7-8H,1-2H3;5H,1-2H3;3-5H,1-2H3;/q;;2*-1;/p-2/b;5-3+,6-4+;4-3-;;/t;;;4-;/m...1./s1. The van der Waals surface area contributed by atoms with E-state index >= 15 is 0 Å². The van der Waals surface area contributed by atoms with E-state index in [1.54, 1.807) is 31.2 Å². The number of allylic oxidation sites excluding steroid dienone is 2. The summed E-state index contributed by atoms with van der Waals surface area (Å²) in [5, 5.41) is 52.6. The smallest absolute Gasteiger partial charge is 0.0465 e. The van der Waals surface area contributed by atoms with Crippen LogP contribution in [0.2, 0.25) is 0 Å². The Bertz CT molecular complexity index is 565. The summed E-state index contributed by atoms with van der Waals surface area (Å²) >= 11 is 3.47. The third-order valence-corrected chi connectivity index (χ3v) is 3.14. The minimum atomic E-state index is -0.241. The van der Waals surface area contributed by atoms with Crippen molar-refractivity contribution in [2.24, 2.45) is 10.3 Å². The van der Waals surface area contributed by atoms with Gasteiger partial charge in [0.05, 0.1) is 0 Å². The fourth-order valence-electron chi connectivity index (χ4n) is 0.643. The van der Waals surface area contributed by atoms with Crippen LogP contribution in [0.3, 0.4) is 0 Å². The fourth-order valence-corrected chi connectivity index (χ4v) is 0.818. The van der Waals surface area contributed by atoms with E-state index in [1.807, 2.05) is 25.1 Å². The second-order valence-electron chi connectivity index (χ2n) is 4.99. The maximum atomic E-state index is 10.3. The van der Waals surface area contributed by atoms with Crippen LogP contribution in [0.1, 0.15) is 41.5 Å².